The van der Waals surface area contributed by atoms with E-state index in [1.54, 1.807) is 18.3 Å². The van der Waals surface area contributed by atoms with Crippen LogP contribution in [-0.2, 0) is 11.2 Å². The van der Waals surface area contributed by atoms with Crippen LogP contribution in [0, 0.1) is 6.92 Å². The molecule has 1 aliphatic heterocycles. The van der Waals surface area contributed by atoms with Crippen molar-refractivity contribution >= 4 is 34.8 Å². The zero-order chi connectivity index (χ0) is 22.7. The third-order valence-corrected chi connectivity index (χ3v) is 6.50. The minimum atomic E-state index is -0.356. The largest absolute Gasteiger partial charge is 0.365 e. The van der Waals surface area contributed by atoms with E-state index in [0.717, 1.165) is 16.1 Å². The molecule has 1 saturated heterocycles. The summed E-state index contributed by atoms with van der Waals surface area (Å²) in [5.74, 6) is 0.116. The first-order chi connectivity index (χ1) is 15.4. The summed E-state index contributed by atoms with van der Waals surface area (Å²) in [6.07, 6.45) is 2.72. The molecule has 0 bridgehead atoms. The fourth-order valence-corrected chi connectivity index (χ4v) is 4.25. The number of hydrogen-bond acceptors (Lipinski definition) is 4. The van der Waals surface area contributed by atoms with Gasteiger partial charge in [0.1, 0.15) is 5.02 Å². The van der Waals surface area contributed by atoms with Gasteiger partial charge in [0, 0.05) is 37.6 Å². The Bertz CT molecular complexity index is 1170. The van der Waals surface area contributed by atoms with E-state index in [1.807, 2.05) is 53.1 Å². The second-order valence-corrected chi connectivity index (χ2v) is 8.63. The molecule has 3 aromatic rings. The van der Waals surface area contributed by atoms with Crippen LogP contribution in [0.1, 0.15) is 17.5 Å². The average molecular weight is 471 g/mol. The Morgan fingerprint density at radius 3 is 2.44 bits per heavy atom. The van der Waals surface area contributed by atoms with Crippen LogP contribution in [0.4, 0.5) is 5.69 Å². The summed E-state index contributed by atoms with van der Waals surface area (Å²) in [6, 6.07) is 15.1. The number of amides is 1. The zero-order valence-electron chi connectivity index (χ0n) is 17.8. The van der Waals surface area contributed by atoms with Gasteiger partial charge in [-0.3, -0.25) is 9.59 Å². The van der Waals surface area contributed by atoms with Crippen molar-refractivity contribution in [1.29, 1.82) is 0 Å². The molecule has 2 aromatic carbocycles. The molecule has 1 fully saturated rings. The van der Waals surface area contributed by atoms with Crippen LogP contribution >= 0.6 is 23.2 Å². The van der Waals surface area contributed by atoms with Crippen LogP contribution in [-0.4, -0.2) is 46.8 Å². The molecule has 2 heterocycles. The summed E-state index contributed by atoms with van der Waals surface area (Å²) in [4.78, 5) is 29.3. The van der Waals surface area contributed by atoms with Gasteiger partial charge in [0.05, 0.1) is 17.6 Å². The minimum Gasteiger partial charge on any atom is -0.365 e. The number of para-hydroxylation sites is 1. The molecule has 0 aliphatic carbocycles. The van der Waals surface area contributed by atoms with Crippen molar-refractivity contribution in [2.45, 2.75) is 19.8 Å². The lowest BCUT2D eigenvalue weighted by Crippen LogP contribution is -2.49. The molecule has 1 aliphatic rings. The SMILES string of the molecule is Cc1ccc(CCC(=O)N2CCN(c3cnn(-c4ccccc4)c(=O)c3Cl)CC2)cc1Cl. The third-order valence-electron chi connectivity index (χ3n) is 5.74. The van der Waals surface area contributed by atoms with Crippen LogP contribution in [0.2, 0.25) is 10.0 Å². The normalized spacial score (nSPS) is 14.0. The zero-order valence-corrected chi connectivity index (χ0v) is 19.3. The quantitative estimate of drug-likeness (QED) is 0.562. The summed E-state index contributed by atoms with van der Waals surface area (Å²) in [6.45, 7) is 4.30. The predicted octanol–water partition coefficient (Wildman–Crippen LogP) is 4.13. The van der Waals surface area contributed by atoms with Gasteiger partial charge in [-0.1, -0.05) is 53.5 Å². The maximum Gasteiger partial charge on any atom is 0.292 e. The van der Waals surface area contributed by atoms with E-state index in [0.29, 0.717) is 50.4 Å². The minimum absolute atomic E-state index is 0.116. The van der Waals surface area contributed by atoms with Crippen molar-refractivity contribution in [1.82, 2.24) is 14.7 Å². The van der Waals surface area contributed by atoms with E-state index in [2.05, 4.69) is 5.10 Å². The monoisotopic (exact) mass is 470 g/mol. The van der Waals surface area contributed by atoms with Gasteiger partial charge in [-0.25, -0.2) is 0 Å². The summed E-state index contributed by atoms with van der Waals surface area (Å²) >= 11 is 12.6. The summed E-state index contributed by atoms with van der Waals surface area (Å²) in [7, 11) is 0. The number of benzene rings is 2. The van der Waals surface area contributed by atoms with Gasteiger partial charge in [-0.2, -0.15) is 9.78 Å². The molecule has 0 N–H and O–H groups in total. The van der Waals surface area contributed by atoms with Crippen LogP contribution in [0.5, 0.6) is 0 Å². The molecule has 0 radical (unpaired) electrons. The maximum atomic E-state index is 12.7. The van der Waals surface area contributed by atoms with Crippen molar-refractivity contribution in [2.24, 2.45) is 0 Å². The summed E-state index contributed by atoms with van der Waals surface area (Å²) in [5, 5.41) is 5.17. The number of halogens is 2. The Kier molecular flexibility index (Phi) is 6.82. The van der Waals surface area contributed by atoms with Crippen molar-refractivity contribution in [3.8, 4) is 5.69 Å². The molecular formula is C24H24Cl2N4O2. The number of piperazine rings is 1. The van der Waals surface area contributed by atoms with Gasteiger partial charge in [0.2, 0.25) is 5.91 Å². The molecule has 166 valence electrons. The highest BCUT2D eigenvalue weighted by Gasteiger charge is 2.24. The second kappa shape index (κ2) is 9.76. The van der Waals surface area contributed by atoms with Crippen LogP contribution in [0.15, 0.2) is 59.5 Å². The fourth-order valence-electron chi connectivity index (χ4n) is 3.80. The van der Waals surface area contributed by atoms with Crippen LogP contribution in [0.3, 0.4) is 0 Å². The molecule has 0 unspecified atom stereocenters. The van der Waals surface area contributed by atoms with E-state index in [-0.39, 0.29) is 16.5 Å². The Labute approximate surface area is 197 Å². The van der Waals surface area contributed by atoms with Crippen molar-refractivity contribution in [2.75, 3.05) is 31.1 Å². The smallest absolute Gasteiger partial charge is 0.292 e. The first-order valence-corrected chi connectivity index (χ1v) is 11.3. The number of aromatic nitrogens is 2. The highest BCUT2D eigenvalue weighted by Crippen LogP contribution is 2.23. The van der Waals surface area contributed by atoms with E-state index in [4.69, 9.17) is 23.2 Å². The Morgan fingerprint density at radius 1 is 1.03 bits per heavy atom. The van der Waals surface area contributed by atoms with Crippen molar-refractivity contribution in [3.63, 3.8) is 0 Å². The summed E-state index contributed by atoms with van der Waals surface area (Å²) in [5.41, 5.74) is 3.00. The molecule has 8 heteroatoms. The Hall–Kier alpha value is -2.83. The number of aryl methyl sites for hydroxylation is 2. The number of nitrogens with zero attached hydrogens (tertiary/aromatic N) is 4. The van der Waals surface area contributed by atoms with E-state index in [1.165, 1.54) is 4.68 Å². The molecular weight excluding hydrogens is 447 g/mol. The maximum absolute atomic E-state index is 12.7. The first kappa shape index (κ1) is 22.4. The summed E-state index contributed by atoms with van der Waals surface area (Å²) < 4.78 is 1.29. The molecule has 0 saturated carbocycles. The second-order valence-electron chi connectivity index (χ2n) is 7.85. The number of rotatable bonds is 5. The van der Waals surface area contributed by atoms with Gasteiger partial charge in [-0.15, -0.1) is 0 Å². The lowest BCUT2D eigenvalue weighted by Gasteiger charge is -2.36. The van der Waals surface area contributed by atoms with Crippen LogP contribution < -0.4 is 10.5 Å². The standard InChI is InChI=1S/C24H24Cl2N4O2/c1-17-7-8-18(15-20(17)25)9-10-22(31)29-13-11-28(12-14-29)21-16-27-30(24(32)23(21)26)19-5-3-2-4-6-19/h2-8,15-16H,9-14H2,1H3. The highest BCUT2D eigenvalue weighted by molar-refractivity contribution is 6.33. The molecule has 4 rings (SSSR count). The average Bonchev–Trinajstić information content (AvgIpc) is 2.82. The van der Waals surface area contributed by atoms with E-state index < -0.39 is 0 Å². The molecule has 1 aromatic heterocycles. The Morgan fingerprint density at radius 2 is 1.75 bits per heavy atom. The first-order valence-electron chi connectivity index (χ1n) is 10.5. The van der Waals surface area contributed by atoms with E-state index >= 15 is 0 Å². The molecule has 1 amide bonds. The fraction of sp³-hybridized carbons (Fsp3) is 0.292. The highest BCUT2D eigenvalue weighted by atomic mass is 35.5. The van der Waals surface area contributed by atoms with Crippen LogP contribution in [0.25, 0.3) is 5.69 Å². The predicted molar refractivity (Wildman–Crippen MR) is 128 cm³/mol. The van der Waals surface area contributed by atoms with Crippen molar-refractivity contribution < 1.29 is 4.79 Å². The number of anilines is 1. The number of carbonyl (C=O) groups excluding carboxylic acids is 1. The van der Waals surface area contributed by atoms with Gasteiger partial charge in [0.15, 0.2) is 0 Å². The van der Waals surface area contributed by atoms with Gasteiger partial charge in [-0.05, 0) is 42.7 Å². The van der Waals surface area contributed by atoms with Crippen molar-refractivity contribution in [3.05, 3.63) is 86.3 Å². The number of carbonyl (C=O) groups is 1. The molecule has 32 heavy (non-hydrogen) atoms. The number of hydrogen-bond donors (Lipinski definition) is 0. The van der Waals surface area contributed by atoms with Gasteiger partial charge < -0.3 is 9.80 Å². The lowest BCUT2D eigenvalue weighted by atomic mass is 10.1. The Balaban J connectivity index is 1.37. The van der Waals surface area contributed by atoms with E-state index in [9.17, 15) is 9.59 Å². The van der Waals surface area contributed by atoms with Gasteiger partial charge >= 0.3 is 0 Å². The van der Waals surface area contributed by atoms with Gasteiger partial charge in [0.25, 0.3) is 5.56 Å². The molecule has 0 spiro atoms. The topological polar surface area (TPSA) is 58.4 Å². The third kappa shape index (κ3) is 4.81. The molecule has 0 atom stereocenters. The lowest BCUT2D eigenvalue weighted by molar-refractivity contribution is -0.131. The molecule has 6 nitrogen and oxygen atoms in total.